The minimum atomic E-state index is 0.0937. The summed E-state index contributed by atoms with van der Waals surface area (Å²) in [5.41, 5.74) is 0.311. The summed E-state index contributed by atoms with van der Waals surface area (Å²) < 4.78 is 5.80. The third-order valence-corrected chi connectivity index (χ3v) is 3.05. The van der Waals surface area contributed by atoms with Crippen molar-refractivity contribution in [2.45, 2.75) is 51.7 Å². The van der Waals surface area contributed by atoms with Crippen LogP contribution in [0.15, 0.2) is 0 Å². The largest absolute Gasteiger partial charge is 0.374 e. The monoisotopic (exact) mass is 228 g/mol. The highest BCUT2D eigenvalue weighted by Gasteiger charge is 2.30. The molecule has 1 aliphatic heterocycles. The molecule has 1 N–H and O–H groups in total. The molecule has 0 saturated carbocycles. The van der Waals surface area contributed by atoms with E-state index in [1.54, 1.807) is 0 Å². The SMILES string of the molecule is CN(CCNC(C)(C)C)CC1(C)CCCO1. The summed E-state index contributed by atoms with van der Waals surface area (Å²) in [4.78, 5) is 2.37. The van der Waals surface area contributed by atoms with E-state index < -0.39 is 0 Å². The molecule has 0 aliphatic carbocycles. The van der Waals surface area contributed by atoms with E-state index in [2.05, 4.69) is 45.0 Å². The number of ether oxygens (including phenoxy) is 1. The van der Waals surface area contributed by atoms with Gasteiger partial charge in [0.1, 0.15) is 0 Å². The molecule has 1 unspecified atom stereocenters. The van der Waals surface area contributed by atoms with Crippen molar-refractivity contribution in [3.05, 3.63) is 0 Å². The van der Waals surface area contributed by atoms with E-state index >= 15 is 0 Å². The van der Waals surface area contributed by atoms with E-state index in [4.69, 9.17) is 4.74 Å². The average Bonchev–Trinajstić information content (AvgIpc) is 2.49. The number of nitrogens with zero attached hydrogens (tertiary/aromatic N) is 1. The molecule has 1 atom stereocenters. The van der Waals surface area contributed by atoms with Gasteiger partial charge in [-0.2, -0.15) is 0 Å². The molecular weight excluding hydrogens is 200 g/mol. The van der Waals surface area contributed by atoms with Crippen molar-refractivity contribution in [3.8, 4) is 0 Å². The fraction of sp³-hybridized carbons (Fsp3) is 1.00. The van der Waals surface area contributed by atoms with Crippen molar-refractivity contribution >= 4 is 0 Å². The van der Waals surface area contributed by atoms with Crippen LogP contribution < -0.4 is 5.32 Å². The Balaban J connectivity index is 2.18. The maximum Gasteiger partial charge on any atom is 0.0781 e. The lowest BCUT2D eigenvalue weighted by molar-refractivity contribution is -0.00339. The van der Waals surface area contributed by atoms with Gasteiger partial charge in [-0.15, -0.1) is 0 Å². The van der Waals surface area contributed by atoms with Gasteiger partial charge < -0.3 is 15.0 Å². The van der Waals surface area contributed by atoms with Crippen molar-refractivity contribution in [3.63, 3.8) is 0 Å². The zero-order valence-electron chi connectivity index (χ0n) is 11.6. The topological polar surface area (TPSA) is 24.5 Å². The van der Waals surface area contributed by atoms with Gasteiger partial charge in [-0.25, -0.2) is 0 Å². The second-order valence-electron chi connectivity index (χ2n) is 6.32. The van der Waals surface area contributed by atoms with Crippen molar-refractivity contribution in [1.82, 2.24) is 10.2 Å². The Morgan fingerprint density at radius 3 is 2.56 bits per heavy atom. The van der Waals surface area contributed by atoms with Gasteiger partial charge in [0.05, 0.1) is 5.60 Å². The van der Waals surface area contributed by atoms with Gasteiger partial charge >= 0.3 is 0 Å². The second-order valence-corrected chi connectivity index (χ2v) is 6.32. The Bertz CT molecular complexity index is 204. The number of nitrogens with one attached hydrogen (secondary N) is 1. The summed E-state index contributed by atoms with van der Waals surface area (Å²) in [6.07, 6.45) is 2.41. The first-order valence-corrected chi connectivity index (χ1v) is 6.38. The molecule has 0 aromatic carbocycles. The van der Waals surface area contributed by atoms with Gasteiger partial charge in [-0.3, -0.25) is 0 Å². The lowest BCUT2D eigenvalue weighted by Crippen LogP contribution is -2.44. The molecule has 0 amide bonds. The van der Waals surface area contributed by atoms with Gasteiger partial charge in [0.25, 0.3) is 0 Å². The maximum atomic E-state index is 5.80. The number of hydrogen-bond acceptors (Lipinski definition) is 3. The van der Waals surface area contributed by atoms with Crippen LogP contribution in [-0.4, -0.2) is 49.3 Å². The molecular formula is C13H28N2O. The summed E-state index contributed by atoms with van der Waals surface area (Å²) in [5, 5.41) is 3.51. The lowest BCUT2D eigenvalue weighted by Gasteiger charge is -2.30. The van der Waals surface area contributed by atoms with E-state index in [9.17, 15) is 0 Å². The van der Waals surface area contributed by atoms with Crippen molar-refractivity contribution in [2.24, 2.45) is 0 Å². The highest BCUT2D eigenvalue weighted by atomic mass is 16.5. The molecule has 16 heavy (non-hydrogen) atoms. The van der Waals surface area contributed by atoms with Crippen molar-refractivity contribution in [1.29, 1.82) is 0 Å². The Kier molecular flexibility index (Phi) is 4.77. The minimum Gasteiger partial charge on any atom is -0.374 e. The van der Waals surface area contributed by atoms with Crippen LogP contribution in [0.3, 0.4) is 0 Å². The second kappa shape index (κ2) is 5.48. The Morgan fingerprint density at radius 2 is 2.06 bits per heavy atom. The maximum absolute atomic E-state index is 5.80. The first-order valence-electron chi connectivity index (χ1n) is 6.38. The van der Waals surface area contributed by atoms with E-state index in [1.807, 2.05) is 0 Å². The molecule has 1 aliphatic rings. The molecule has 3 nitrogen and oxygen atoms in total. The molecule has 0 spiro atoms. The van der Waals surface area contributed by atoms with E-state index in [-0.39, 0.29) is 11.1 Å². The highest BCUT2D eigenvalue weighted by molar-refractivity contribution is 4.83. The van der Waals surface area contributed by atoms with Crippen LogP contribution in [0.25, 0.3) is 0 Å². The van der Waals surface area contributed by atoms with Crippen molar-refractivity contribution < 1.29 is 4.74 Å². The number of rotatable bonds is 5. The lowest BCUT2D eigenvalue weighted by atomic mass is 10.0. The molecule has 96 valence electrons. The minimum absolute atomic E-state index is 0.0937. The van der Waals surface area contributed by atoms with Crippen molar-refractivity contribution in [2.75, 3.05) is 33.3 Å². The number of likely N-dealkylation sites (N-methyl/N-ethyl adjacent to an activating group) is 1. The molecule has 0 bridgehead atoms. The van der Waals surface area contributed by atoms with Gasteiger partial charge in [-0.05, 0) is 47.6 Å². The third-order valence-electron chi connectivity index (χ3n) is 3.05. The summed E-state index contributed by atoms with van der Waals surface area (Å²) >= 11 is 0. The zero-order valence-corrected chi connectivity index (χ0v) is 11.6. The molecule has 0 radical (unpaired) electrons. The normalized spacial score (nSPS) is 26.6. The number of hydrogen-bond donors (Lipinski definition) is 1. The van der Waals surface area contributed by atoms with Gasteiger partial charge in [0, 0.05) is 31.8 Å². The van der Waals surface area contributed by atoms with Crippen LogP contribution in [0, 0.1) is 0 Å². The smallest absolute Gasteiger partial charge is 0.0781 e. The van der Waals surface area contributed by atoms with Crippen LogP contribution in [0.5, 0.6) is 0 Å². The first-order chi connectivity index (χ1) is 7.31. The van der Waals surface area contributed by atoms with Gasteiger partial charge in [0.15, 0.2) is 0 Å². The van der Waals surface area contributed by atoms with Crippen LogP contribution in [-0.2, 0) is 4.74 Å². The Hall–Kier alpha value is -0.120. The van der Waals surface area contributed by atoms with E-state index in [0.29, 0.717) is 0 Å². The van der Waals surface area contributed by atoms with Gasteiger partial charge in [-0.1, -0.05) is 0 Å². The average molecular weight is 228 g/mol. The highest BCUT2D eigenvalue weighted by Crippen LogP contribution is 2.25. The molecule has 1 heterocycles. The quantitative estimate of drug-likeness (QED) is 0.777. The van der Waals surface area contributed by atoms with Gasteiger partial charge in [0.2, 0.25) is 0 Å². The van der Waals surface area contributed by atoms with E-state index in [0.717, 1.165) is 26.2 Å². The van der Waals surface area contributed by atoms with E-state index in [1.165, 1.54) is 12.8 Å². The third kappa shape index (κ3) is 5.28. The molecule has 1 saturated heterocycles. The first kappa shape index (κ1) is 13.9. The fourth-order valence-corrected chi connectivity index (χ4v) is 2.23. The molecule has 0 aromatic rings. The predicted octanol–water partition coefficient (Wildman–Crippen LogP) is 1.88. The van der Waals surface area contributed by atoms with Crippen LogP contribution in [0.4, 0.5) is 0 Å². The zero-order chi connectivity index (χ0) is 12.2. The molecule has 0 aromatic heterocycles. The molecule has 1 fully saturated rings. The Labute approximate surface area is 101 Å². The van der Waals surface area contributed by atoms with Crippen LogP contribution in [0.1, 0.15) is 40.5 Å². The summed E-state index contributed by atoms with van der Waals surface area (Å²) in [5.74, 6) is 0. The Morgan fingerprint density at radius 1 is 1.38 bits per heavy atom. The standard InChI is InChI=1S/C13H28N2O/c1-12(2,3)14-8-9-15(5)11-13(4)7-6-10-16-13/h14H,6-11H2,1-5H3. The fourth-order valence-electron chi connectivity index (χ4n) is 2.23. The summed E-state index contributed by atoms with van der Waals surface area (Å²) in [6.45, 7) is 12.9. The van der Waals surface area contributed by atoms with Crippen LogP contribution in [0.2, 0.25) is 0 Å². The van der Waals surface area contributed by atoms with Crippen LogP contribution >= 0.6 is 0 Å². The summed E-state index contributed by atoms with van der Waals surface area (Å²) in [7, 11) is 2.18. The molecule has 1 rings (SSSR count). The molecule has 3 heteroatoms. The summed E-state index contributed by atoms with van der Waals surface area (Å²) in [6, 6.07) is 0. The predicted molar refractivity (Wildman–Crippen MR) is 68.8 cm³/mol.